The molecule has 2 heterocycles. The van der Waals surface area contributed by atoms with Crippen LogP contribution in [0.4, 0.5) is 0 Å². The maximum absolute atomic E-state index is 12.1. The molecule has 0 saturated carbocycles. The summed E-state index contributed by atoms with van der Waals surface area (Å²) in [5.41, 5.74) is 4.60. The SMILES string of the molecule is CCNC(=NCc1c(C)nn(Cc2ccccc2)c1C)NCCCN1CCCCCC1=O.I. The number of halogens is 1. The van der Waals surface area contributed by atoms with Gasteiger partial charge in [-0.2, -0.15) is 5.10 Å². The summed E-state index contributed by atoms with van der Waals surface area (Å²) in [6.07, 6.45) is 4.95. The quantitative estimate of drug-likeness (QED) is 0.208. The lowest BCUT2D eigenvalue weighted by Crippen LogP contribution is -2.39. The highest BCUT2D eigenvalue weighted by atomic mass is 127. The molecule has 1 aromatic carbocycles. The lowest BCUT2D eigenvalue weighted by Gasteiger charge is -2.20. The lowest BCUT2D eigenvalue weighted by atomic mass is 10.2. The van der Waals surface area contributed by atoms with Gasteiger partial charge >= 0.3 is 0 Å². The van der Waals surface area contributed by atoms with Gasteiger partial charge in [0.2, 0.25) is 5.91 Å². The highest BCUT2D eigenvalue weighted by Gasteiger charge is 2.16. The summed E-state index contributed by atoms with van der Waals surface area (Å²) in [4.78, 5) is 19.0. The first-order chi connectivity index (χ1) is 15.6. The number of rotatable bonds is 9. The van der Waals surface area contributed by atoms with Gasteiger partial charge in [-0.3, -0.25) is 9.48 Å². The molecule has 0 bridgehead atoms. The highest BCUT2D eigenvalue weighted by molar-refractivity contribution is 14.0. The first-order valence-electron chi connectivity index (χ1n) is 11.9. The molecule has 1 aliphatic heterocycles. The van der Waals surface area contributed by atoms with Crippen molar-refractivity contribution in [2.75, 3.05) is 26.2 Å². The van der Waals surface area contributed by atoms with Crippen LogP contribution in [0.2, 0.25) is 0 Å². The summed E-state index contributed by atoms with van der Waals surface area (Å²) in [5.74, 6) is 1.12. The first kappa shape index (κ1) is 27.1. The van der Waals surface area contributed by atoms with Crippen molar-refractivity contribution in [1.82, 2.24) is 25.3 Å². The second-order valence-electron chi connectivity index (χ2n) is 8.46. The summed E-state index contributed by atoms with van der Waals surface area (Å²) >= 11 is 0. The van der Waals surface area contributed by atoms with Crippen molar-refractivity contribution >= 4 is 35.8 Å². The monoisotopic (exact) mass is 566 g/mol. The fourth-order valence-electron chi connectivity index (χ4n) is 4.12. The summed E-state index contributed by atoms with van der Waals surface area (Å²) in [5, 5.41) is 11.5. The van der Waals surface area contributed by atoms with Gasteiger partial charge < -0.3 is 15.5 Å². The largest absolute Gasteiger partial charge is 0.357 e. The Morgan fingerprint density at radius 2 is 1.91 bits per heavy atom. The average molecular weight is 567 g/mol. The van der Waals surface area contributed by atoms with Crippen molar-refractivity contribution in [3.63, 3.8) is 0 Å². The molecule has 1 aromatic heterocycles. The molecule has 0 atom stereocenters. The maximum atomic E-state index is 12.1. The van der Waals surface area contributed by atoms with Gasteiger partial charge in [-0.05, 0) is 45.6 Å². The molecule has 0 aliphatic carbocycles. The van der Waals surface area contributed by atoms with E-state index in [1.165, 1.54) is 17.5 Å². The van der Waals surface area contributed by atoms with Gasteiger partial charge in [0.15, 0.2) is 5.96 Å². The van der Waals surface area contributed by atoms with Crippen LogP contribution in [0.15, 0.2) is 35.3 Å². The van der Waals surface area contributed by atoms with Gasteiger partial charge in [-0.15, -0.1) is 24.0 Å². The van der Waals surface area contributed by atoms with Crippen LogP contribution in [0.5, 0.6) is 0 Å². The van der Waals surface area contributed by atoms with Gasteiger partial charge in [-0.25, -0.2) is 4.99 Å². The van der Waals surface area contributed by atoms with Gasteiger partial charge in [0.05, 0.1) is 18.8 Å². The number of aromatic nitrogens is 2. The van der Waals surface area contributed by atoms with E-state index in [0.29, 0.717) is 18.9 Å². The number of aliphatic imine (C=N–C) groups is 1. The second kappa shape index (κ2) is 14.2. The number of carbonyl (C=O) groups excluding carboxylic acids is 1. The maximum Gasteiger partial charge on any atom is 0.222 e. The number of hydrogen-bond donors (Lipinski definition) is 2. The van der Waals surface area contributed by atoms with Crippen LogP contribution in [0.25, 0.3) is 0 Å². The summed E-state index contributed by atoms with van der Waals surface area (Å²) in [6.45, 7) is 10.9. The van der Waals surface area contributed by atoms with E-state index < -0.39 is 0 Å². The number of nitrogens with zero attached hydrogens (tertiary/aromatic N) is 4. The average Bonchev–Trinajstić information content (AvgIpc) is 2.92. The van der Waals surface area contributed by atoms with Crippen LogP contribution in [-0.2, 0) is 17.9 Å². The third-order valence-electron chi connectivity index (χ3n) is 6.01. The van der Waals surface area contributed by atoms with E-state index in [1.54, 1.807) is 0 Å². The normalized spacial score (nSPS) is 14.6. The van der Waals surface area contributed by atoms with Gasteiger partial charge in [-0.1, -0.05) is 36.8 Å². The standard InChI is InChI=1S/C25H38N6O.HI/c1-4-26-25(27-15-11-17-30-16-10-6-9-14-24(30)32)28-18-23-20(2)29-31(21(23)3)19-22-12-7-5-8-13-22;/h5,7-8,12-13H,4,6,9-11,14-19H2,1-3H3,(H2,26,27,28);1H. The van der Waals surface area contributed by atoms with Gasteiger partial charge in [0.25, 0.3) is 0 Å². The Hall–Kier alpha value is -2.10. The molecule has 3 rings (SSSR count). The van der Waals surface area contributed by atoms with E-state index in [9.17, 15) is 4.79 Å². The van der Waals surface area contributed by atoms with Crippen LogP contribution in [-0.4, -0.2) is 52.7 Å². The molecule has 7 nitrogen and oxygen atoms in total. The summed E-state index contributed by atoms with van der Waals surface area (Å²) in [6, 6.07) is 10.4. The topological polar surface area (TPSA) is 74.6 Å². The number of guanidine groups is 1. The van der Waals surface area contributed by atoms with Crippen LogP contribution >= 0.6 is 24.0 Å². The number of nitrogens with one attached hydrogen (secondary N) is 2. The molecular formula is C25H39IN6O. The molecule has 0 unspecified atom stereocenters. The Kier molecular flexibility index (Phi) is 11.7. The van der Waals surface area contributed by atoms with Crippen LogP contribution < -0.4 is 10.6 Å². The third kappa shape index (κ3) is 8.32. The number of likely N-dealkylation sites (tertiary alicyclic amines) is 1. The molecule has 182 valence electrons. The van der Waals surface area contributed by atoms with Crippen LogP contribution in [0.1, 0.15) is 61.5 Å². The predicted octanol–water partition coefficient (Wildman–Crippen LogP) is 4.01. The Morgan fingerprint density at radius 3 is 2.67 bits per heavy atom. The van der Waals surface area contributed by atoms with E-state index in [0.717, 1.165) is 69.3 Å². The number of carbonyl (C=O) groups is 1. The van der Waals surface area contributed by atoms with Crippen molar-refractivity contribution in [1.29, 1.82) is 0 Å². The summed E-state index contributed by atoms with van der Waals surface area (Å²) < 4.78 is 2.06. The Morgan fingerprint density at radius 1 is 1.12 bits per heavy atom. The molecule has 1 amide bonds. The molecule has 1 fully saturated rings. The minimum atomic E-state index is 0. The van der Waals surface area contributed by atoms with E-state index in [2.05, 4.69) is 60.4 Å². The molecule has 1 aliphatic rings. The fourth-order valence-corrected chi connectivity index (χ4v) is 4.12. The van der Waals surface area contributed by atoms with Crippen molar-refractivity contribution in [3.8, 4) is 0 Å². The predicted molar refractivity (Wildman–Crippen MR) is 145 cm³/mol. The molecule has 0 spiro atoms. The summed E-state index contributed by atoms with van der Waals surface area (Å²) in [7, 11) is 0. The first-order valence-corrected chi connectivity index (χ1v) is 11.9. The van der Waals surface area contributed by atoms with E-state index in [1.807, 2.05) is 11.0 Å². The molecule has 2 aromatic rings. The third-order valence-corrected chi connectivity index (χ3v) is 6.01. The van der Waals surface area contributed by atoms with E-state index in [4.69, 9.17) is 10.1 Å². The number of amides is 1. The Labute approximate surface area is 215 Å². The molecule has 8 heteroatoms. The van der Waals surface area contributed by atoms with Crippen molar-refractivity contribution in [3.05, 3.63) is 52.8 Å². The molecule has 2 N–H and O–H groups in total. The lowest BCUT2D eigenvalue weighted by molar-refractivity contribution is -0.130. The minimum absolute atomic E-state index is 0. The fraction of sp³-hybridized carbons (Fsp3) is 0.560. The minimum Gasteiger partial charge on any atom is -0.357 e. The van der Waals surface area contributed by atoms with Crippen molar-refractivity contribution in [2.24, 2.45) is 4.99 Å². The number of benzene rings is 1. The highest BCUT2D eigenvalue weighted by Crippen LogP contribution is 2.16. The molecule has 33 heavy (non-hydrogen) atoms. The van der Waals surface area contributed by atoms with E-state index >= 15 is 0 Å². The zero-order valence-electron chi connectivity index (χ0n) is 20.3. The van der Waals surface area contributed by atoms with Crippen molar-refractivity contribution in [2.45, 2.75) is 66.0 Å². The van der Waals surface area contributed by atoms with Crippen LogP contribution in [0, 0.1) is 13.8 Å². The Balaban J connectivity index is 0.00000385. The molecule has 0 radical (unpaired) electrons. The number of aryl methyl sites for hydroxylation is 1. The van der Waals surface area contributed by atoms with Gasteiger partial charge in [0, 0.05) is 43.9 Å². The zero-order chi connectivity index (χ0) is 22.8. The smallest absolute Gasteiger partial charge is 0.222 e. The molecular weight excluding hydrogens is 527 g/mol. The second-order valence-corrected chi connectivity index (χ2v) is 8.46. The van der Waals surface area contributed by atoms with E-state index in [-0.39, 0.29) is 24.0 Å². The van der Waals surface area contributed by atoms with Crippen LogP contribution in [0.3, 0.4) is 0 Å². The van der Waals surface area contributed by atoms with Gasteiger partial charge in [0.1, 0.15) is 0 Å². The number of hydrogen-bond acceptors (Lipinski definition) is 3. The zero-order valence-corrected chi connectivity index (χ0v) is 22.6. The van der Waals surface area contributed by atoms with Crippen molar-refractivity contribution < 1.29 is 4.79 Å². The Bertz CT molecular complexity index is 896. The molecule has 1 saturated heterocycles.